The van der Waals surface area contributed by atoms with Gasteiger partial charge in [-0.3, -0.25) is 4.79 Å². The van der Waals surface area contributed by atoms with Gasteiger partial charge in [-0.25, -0.2) is 0 Å². The first-order valence-corrected chi connectivity index (χ1v) is 4.23. The van der Waals surface area contributed by atoms with Crippen molar-refractivity contribution in [3.05, 3.63) is 29.3 Å². The van der Waals surface area contributed by atoms with E-state index in [2.05, 4.69) is 5.32 Å². The number of carbonyl (C=O) groups excluding carboxylic acids is 1. The Labute approximate surface area is 77.4 Å². The second-order valence-corrected chi connectivity index (χ2v) is 2.77. The van der Waals surface area contributed by atoms with Crippen LogP contribution in [0.15, 0.2) is 18.2 Å². The van der Waals surface area contributed by atoms with Crippen molar-refractivity contribution in [2.75, 3.05) is 7.05 Å². The first kappa shape index (κ1) is 9.58. The van der Waals surface area contributed by atoms with E-state index in [-0.39, 0.29) is 11.7 Å². The Morgan fingerprint density at radius 1 is 1.54 bits per heavy atom. The molecule has 13 heavy (non-hydrogen) atoms. The summed E-state index contributed by atoms with van der Waals surface area (Å²) in [6.07, 6.45) is 0.733. The molecule has 0 aliphatic rings. The highest BCUT2D eigenvalue weighted by atomic mass is 16.3. The lowest BCUT2D eigenvalue weighted by molar-refractivity contribution is 0.0962. The third-order valence-corrected chi connectivity index (χ3v) is 1.94. The number of hydrogen-bond donors (Lipinski definition) is 2. The van der Waals surface area contributed by atoms with Gasteiger partial charge in [0.05, 0.1) is 0 Å². The molecule has 0 aliphatic heterocycles. The van der Waals surface area contributed by atoms with Crippen LogP contribution < -0.4 is 5.32 Å². The normalized spacial score (nSPS) is 9.69. The molecule has 70 valence electrons. The molecule has 0 radical (unpaired) electrons. The predicted molar refractivity (Wildman–Crippen MR) is 50.9 cm³/mol. The molecule has 0 saturated heterocycles. The van der Waals surface area contributed by atoms with Crippen LogP contribution in [0, 0.1) is 0 Å². The van der Waals surface area contributed by atoms with Crippen molar-refractivity contribution < 1.29 is 9.90 Å². The highest BCUT2D eigenvalue weighted by Crippen LogP contribution is 2.16. The molecule has 3 heteroatoms. The number of aromatic hydroxyl groups is 1. The molecule has 1 rings (SSSR count). The van der Waals surface area contributed by atoms with E-state index < -0.39 is 0 Å². The Bertz CT molecular complexity index is 321. The maximum Gasteiger partial charge on any atom is 0.251 e. The number of aryl methyl sites for hydroxylation is 1. The molecule has 1 aromatic rings. The lowest BCUT2D eigenvalue weighted by Gasteiger charge is -2.06. The number of nitrogens with one attached hydrogen (secondary N) is 1. The minimum Gasteiger partial charge on any atom is -0.508 e. The molecule has 0 unspecified atom stereocenters. The molecule has 0 spiro atoms. The quantitative estimate of drug-likeness (QED) is 0.719. The van der Waals surface area contributed by atoms with Crippen LogP contribution in [0.5, 0.6) is 5.75 Å². The molecule has 0 saturated carbocycles. The minimum absolute atomic E-state index is 0.114. The van der Waals surface area contributed by atoms with Gasteiger partial charge in [-0.05, 0) is 30.2 Å². The van der Waals surface area contributed by atoms with Gasteiger partial charge in [0.15, 0.2) is 0 Å². The summed E-state index contributed by atoms with van der Waals surface area (Å²) in [4.78, 5) is 11.3. The number of phenolic OH excluding ortho intramolecular Hbond substituents is 1. The predicted octanol–water partition coefficient (Wildman–Crippen LogP) is 1.31. The first-order chi connectivity index (χ1) is 6.19. The second-order valence-electron chi connectivity index (χ2n) is 2.77. The standard InChI is InChI=1S/C10H13NO2/c1-3-7-6-8(12)4-5-9(7)10(13)11-2/h4-6,12H,3H2,1-2H3,(H,11,13). The lowest BCUT2D eigenvalue weighted by Crippen LogP contribution is -2.19. The first-order valence-electron chi connectivity index (χ1n) is 4.23. The zero-order chi connectivity index (χ0) is 9.84. The zero-order valence-electron chi connectivity index (χ0n) is 7.79. The van der Waals surface area contributed by atoms with E-state index in [0.717, 1.165) is 12.0 Å². The number of amides is 1. The van der Waals surface area contributed by atoms with Crippen molar-refractivity contribution in [1.82, 2.24) is 5.32 Å². The molecule has 1 aromatic carbocycles. The number of hydrogen-bond acceptors (Lipinski definition) is 2. The third-order valence-electron chi connectivity index (χ3n) is 1.94. The van der Waals surface area contributed by atoms with E-state index >= 15 is 0 Å². The number of rotatable bonds is 2. The molecular formula is C10H13NO2. The fourth-order valence-corrected chi connectivity index (χ4v) is 1.23. The molecular weight excluding hydrogens is 166 g/mol. The van der Waals surface area contributed by atoms with Gasteiger partial charge < -0.3 is 10.4 Å². The van der Waals surface area contributed by atoms with E-state index in [9.17, 15) is 9.90 Å². The van der Waals surface area contributed by atoms with Crippen LogP contribution in [-0.4, -0.2) is 18.1 Å². The molecule has 0 aliphatic carbocycles. The Balaban J connectivity index is 3.13. The largest absolute Gasteiger partial charge is 0.508 e. The maximum absolute atomic E-state index is 11.3. The fourth-order valence-electron chi connectivity index (χ4n) is 1.23. The summed E-state index contributed by atoms with van der Waals surface area (Å²) >= 11 is 0. The van der Waals surface area contributed by atoms with E-state index in [1.165, 1.54) is 6.07 Å². The van der Waals surface area contributed by atoms with Crippen molar-refractivity contribution in [3.63, 3.8) is 0 Å². The monoisotopic (exact) mass is 179 g/mol. The zero-order valence-corrected chi connectivity index (χ0v) is 7.79. The lowest BCUT2D eigenvalue weighted by atomic mass is 10.0. The van der Waals surface area contributed by atoms with E-state index in [1.54, 1.807) is 19.2 Å². The van der Waals surface area contributed by atoms with Crippen molar-refractivity contribution >= 4 is 5.91 Å². The molecule has 0 aromatic heterocycles. The van der Waals surface area contributed by atoms with E-state index in [1.807, 2.05) is 6.92 Å². The summed E-state index contributed by atoms with van der Waals surface area (Å²) in [7, 11) is 1.59. The van der Waals surface area contributed by atoms with Crippen molar-refractivity contribution in [2.45, 2.75) is 13.3 Å². The second kappa shape index (κ2) is 3.94. The molecule has 0 fully saturated rings. The smallest absolute Gasteiger partial charge is 0.251 e. The van der Waals surface area contributed by atoms with Crippen molar-refractivity contribution in [1.29, 1.82) is 0 Å². The summed E-state index contributed by atoms with van der Waals surface area (Å²) < 4.78 is 0. The van der Waals surface area contributed by atoms with Gasteiger partial charge in [0, 0.05) is 12.6 Å². The Morgan fingerprint density at radius 2 is 2.23 bits per heavy atom. The van der Waals surface area contributed by atoms with Crippen LogP contribution in [0.4, 0.5) is 0 Å². The number of benzene rings is 1. The Hall–Kier alpha value is -1.51. The van der Waals surface area contributed by atoms with Crippen LogP contribution in [0.2, 0.25) is 0 Å². The van der Waals surface area contributed by atoms with Crippen LogP contribution in [0.3, 0.4) is 0 Å². The summed E-state index contributed by atoms with van der Waals surface area (Å²) in [5.41, 5.74) is 1.49. The summed E-state index contributed by atoms with van der Waals surface area (Å²) in [5, 5.41) is 11.7. The summed E-state index contributed by atoms with van der Waals surface area (Å²) in [5.74, 6) is 0.0846. The summed E-state index contributed by atoms with van der Waals surface area (Å²) in [6, 6.07) is 4.77. The fraction of sp³-hybridized carbons (Fsp3) is 0.300. The molecule has 0 bridgehead atoms. The van der Waals surface area contributed by atoms with Crippen LogP contribution in [0.1, 0.15) is 22.8 Å². The Kier molecular flexibility index (Phi) is 2.90. The third kappa shape index (κ3) is 1.99. The van der Waals surface area contributed by atoms with Gasteiger partial charge in [-0.15, -0.1) is 0 Å². The minimum atomic E-state index is -0.114. The van der Waals surface area contributed by atoms with Crippen LogP contribution >= 0.6 is 0 Å². The molecule has 1 amide bonds. The van der Waals surface area contributed by atoms with Gasteiger partial charge in [0.2, 0.25) is 0 Å². The van der Waals surface area contributed by atoms with E-state index in [0.29, 0.717) is 5.56 Å². The van der Waals surface area contributed by atoms with Gasteiger partial charge in [0.25, 0.3) is 5.91 Å². The summed E-state index contributed by atoms with van der Waals surface area (Å²) in [6.45, 7) is 1.95. The highest BCUT2D eigenvalue weighted by molar-refractivity contribution is 5.95. The average molecular weight is 179 g/mol. The molecule has 2 N–H and O–H groups in total. The molecule has 0 atom stereocenters. The van der Waals surface area contributed by atoms with Crippen LogP contribution in [0.25, 0.3) is 0 Å². The topological polar surface area (TPSA) is 49.3 Å². The maximum atomic E-state index is 11.3. The van der Waals surface area contributed by atoms with E-state index in [4.69, 9.17) is 0 Å². The number of carbonyl (C=O) groups is 1. The van der Waals surface area contributed by atoms with Gasteiger partial charge in [-0.2, -0.15) is 0 Å². The van der Waals surface area contributed by atoms with Gasteiger partial charge in [-0.1, -0.05) is 6.92 Å². The van der Waals surface area contributed by atoms with Gasteiger partial charge >= 0.3 is 0 Å². The van der Waals surface area contributed by atoms with Gasteiger partial charge in [0.1, 0.15) is 5.75 Å². The average Bonchev–Trinajstić information content (AvgIpc) is 2.16. The Morgan fingerprint density at radius 3 is 2.77 bits per heavy atom. The SMILES string of the molecule is CCc1cc(O)ccc1C(=O)NC. The molecule has 3 nitrogen and oxygen atoms in total. The molecule has 0 heterocycles. The van der Waals surface area contributed by atoms with Crippen molar-refractivity contribution in [2.24, 2.45) is 0 Å². The highest BCUT2D eigenvalue weighted by Gasteiger charge is 2.08. The number of phenols is 1. The van der Waals surface area contributed by atoms with Crippen LogP contribution in [-0.2, 0) is 6.42 Å². The van der Waals surface area contributed by atoms with Crippen molar-refractivity contribution in [3.8, 4) is 5.75 Å².